The molecule has 19 heavy (non-hydrogen) atoms. The third-order valence-corrected chi connectivity index (χ3v) is 8.24. The molecule has 106 valence electrons. The Hall–Kier alpha value is -1.06. The van der Waals surface area contributed by atoms with Crippen LogP contribution in [-0.4, -0.2) is 14.4 Å². The van der Waals surface area contributed by atoms with Crippen LogP contribution in [0.1, 0.15) is 26.3 Å². The minimum atomic E-state index is -1.74. The van der Waals surface area contributed by atoms with Gasteiger partial charge in [-0.15, -0.1) is 6.58 Å². The summed E-state index contributed by atoms with van der Waals surface area (Å²) >= 11 is 0. The van der Waals surface area contributed by atoms with Gasteiger partial charge in [0.15, 0.2) is 0 Å². The molecule has 0 radical (unpaired) electrons. The normalized spacial score (nSPS) is 14.0. The van der Waals surface area contributed by atoms with Gasteiger partial charge in [-0.25, -0.2) is 0 Å². The van der Waals surface area contributed by atoms with E-state index in [9.17, 15) is 0 Å². The van der Waals surface area contributed by atoms with E-state index in [4.69, 9.17) is 10.2 Å². The maximum Gasteiger partial charge on any atom is 0.250 e. The van der Waals surface area contributed by atoms with E-state index >= 15 is 0 Å². The molecular formula is C16H27NOSi. The van der Waals surface area contributed by atoms with Gasteiger partial charge in [-0.05, 0) is 42.2 Å². The lowest BCUT2D eigenvalue weighted by Crippen LogP contribution is -2.43. The van der Waals surface area contributed by atoms with Crippen molar-refractivity contribution in [1.82, 2.24) is 0 Å². The smallest absolute Gasteiger partial charge is 0.250 e. The van der Waals surface area contributed by atoms with Crippen LogP contribution in [0.2, 0.25) is 18.1 Å². The van der Waals surface area contributed by atoms with E-state index in [1.165, 1.54) is 5.56 Å². The molecule has 2 nitrogen and oxygen atoms in total. The Balaban J connectivity index is 2.75. The molecule has 0 spiro atoms. The van der Waals surface area contributed by atoms with Crippen LogP contribution in [0.15, 0.2) is 36.9 Å². The van der Waals surface area contributed by atoms with Crippen LogP contribution in [0, 0.1) is 0 Å². The maximum atomic E-state index is 6.24. The highest BCUT2D eigenvalue weighted by molar-refractivity contribution is 6.74. The van der Waals surface area contributed by atoms with E-state index in [-0.39, 0.29) is 11.1 Å². The summed E-state index contributed by atoms with van der Waals surface area (Å²) in [6.45, 7) is 15.0. The number of hydrogen-bond donors (Lipinski definition) is 1. The van der Waals surface area contributed by atoms with E-state index < -0.39 is 8.32 Å². The first-order chi connectivity index (χ1) is 8.65. The van der Waals surface area contributed by atoms with Crippen molar-refractivity contribution in [3.63, 3.8) is 0 Å². The first kappa shape index (κ1) is 16.0. The van der Waals surface area contributed by atoms with Gasteiger partial charge in [0.1, 0.15) is 5.75 Å². The molecule has 0 aliphatic rings. The number of rotatable bonds is 5. The lowest BCUT2D eigenvalue weighted by molar-refractivity contribution is 0.492. The summed E-state index contributed by atoms with van der Waals surface area (Å²) in [5.41, 5.74) is 7.08. The van der Waals surface area contributed by atoms with Crippen LogP contribution >= 0.6 is 0 Å². The second kappa shape index (κ2) is 5.93. The zero-order valence-electron chi connectivity index (χ0n) is 12.9. The van der Waals surface area contributed by atoms with Crippen LogP contribution in [0.4, 0.5) is 0 Å². The minimum Gasteiger partial charge on any atom is -0.544 e. The fraction of sp³-hybridized carbons (Fsp3) is 0.500. The van der Waals surface area contributed by atoms with Crippen molar-refractivity contribution in [1.29, 1.82) is 0 Å². The molecule has 1 rings (SSSR count). The molecular weight excluding hydrogens is 250 g/mol. The summed E-state index contributed by atoms with van der Waals surface area (Å²) in [7, 11) is -1.74. The average molecular weight is 277 g/mol. The maximum absolute atomic E-state index is 6.24. The van der Waals surface area contributed by atoms with E-state index in [1.807, 2.05) is 12.1 Å². The van der Waals surface area contributed by atoms with Gasteiger partial charge in [0.25, 0.3) is 0 Å². The molecule has 0 amide bonds. The molecule has 0 heterocycles. The highest BCUT2D eigenvalue weighted by Crippen LogP contribution is 2.37. The minimum absolute atomic E-state index is 0.0205. The highest BCUT2D eigenvalue weighted by atomic mass is 28.4. The molecule has 1 aromatic carbocycles. The van der Waals surface area contributed by atoms with Crippen LogP contribution in [-0.2, 0) is 6.42 Å². The third-order valence-electron chi connectivity index (χ3n) is 3.88. The van der Waals surface area contributed by atoms with E-state index in [1.54, 1.807) is 6.08 Å². The Morgan fingerprint density at radius 3 is 2.21 bits per heavy atom. The Morgan fingerprint density at radius 2 is 1.79 bits per heavy atom. The van der Waals surface area contributed by atoms with Gasteiger partial charge in [-0.3, -0.25) is 0 Å². The van der Waals surface area contributed by atoms with Crippen molar-refractivity contribution in [2.24, 2.45) is 5.73 Å². The Kier molecular flexibility index (Phi) is 4.99. The van der Waals surface area contributed by atoms with Gasteiger partial charge in [-0.2, -0.15) is 0 Å². The van der Waals surface area contributed by atoms with Crippen molar-refractivity contribution in [3.8, 4) is 5.75 Å². The predicted octanol–water partition coefficient (Wildman–Crippen LogP) is 4.13. The van der Waals surface area contributed by atoms with Crippen LogP contribution in [0.25, 0.3) is 0 Å². The number of benzene rings is 1. The zero-order valence-corrected chi connectivity index (χ0v) is 13.9. The van der Waals surface area contributed by atoms with E-state index in [2.05, 4.69) is 52.6 Å². The van der Waals surface area contributed by atoms with Gasteiger partial charge < -0.3 is 10.2 Å². The van der Waals surface area contributed by atoms with Gasteiger partial charge in [0.05, 0.1) is 0 Å². The zero-order chi connectivity index (χ0) is 14.7. The van der Waals surface area contributed by atoms with Crippen molar-refractivity contribution < 1.29 is 4.43 Å². The first-order valence-electron chi connectivity index (χ1n) is 6.82. The molecule has 1 aromatic rings. The van der Waals surface area contributed by atoms with E-state index in [0.717, 1.165) is 12.2 Å². The van der Waals surface area contributed by atoms with Crippen LogP contribution in [0.5, 0.6) is 5.75 Å². The first-order valence-corrected chi connectivity index (χ1v) is 9.72. The fourth-order valence-corrected chi connectivity index (χ4v) is 2.53. The van der Waals surface area contributed by atoms with Gasteiger partial charge >= 0.3 is 0 Å². The Morgan fingerprint density at radius 1 is 1.26 bits per heavy atom. The Labute approximate surface area is 118 Å². The van der Waals surface area contributed by atoms with Gasteiger partial charge in [0.2, 0.25) is 8.32 Å². The standard InChI is InChI=1S/C16H27NOSi/c1-7-14(17)12-13-8-10-15(11-9-13)18-19(5,6)16(2,3)4/h7-11,14H,1,12,17H2,2-6H3/t14-/m1/s1. The number of hydrogen-bond acceptors (Lipinski definition) is 2. The molecule has 3 heteroatoms. The summed E-state index contributed by atoms with van der Waals surface area (Å²) < 4.78 is 6.24. The van der Waals surface area contributed by atoms with Crippen LogP contribution < -0.4 is 10.2 Å². The molecule has 2 N–H and O–H groups in total. The van der Waals surface area contributed by atoms with E-state index in [0.29, 0.717) is 0 Å². The average Bonchev–Trinajstić information content (AvgIpc) is 2.29. The number of nitrogens with two attached hydrogens (primary N) is 1. The summed E-state index contributed by atoms with van der Waals surface area (Å²) in [5.74, 6) is 0.961. The molecule has 0 unspecified atom stereocenters. The second-order valence-electron chi connectivity index (χ2n) is 6.61. The summed E-state index contributed by atoms with van der Waals surface area (Å²) in [4.78, 5) is 0. The topological polar surface area (TPSA) is 35.2 Å². The summed E-state index contributed by atoms with van der Waals surface area (Å²) in [6.07, 6.45) is 2.60. The van der Waals surface area contributed by atoms with Crippen molar-refractivity contribution in [3.05, 3.63) is 42.5 Å². The SMILES string of the molecule is C=C[C@@H](N)Cc1ccc(O[Si](C)(C)C(C)(C)C)cc1. The monoisotopic (exact) mass is 277 g/mol. The quantitative estimate of drug-likeness (QED) is 0.649. The summed E-state index contributed by atoms with van der Waals surface area (Å²) in [5, 5.41) is 0.219. The van der Waals surface area contributed by atoms with Crippen molar-refractivity contribution in [2.75, 3.05) is 0 Å². The highest BCUT2D eigenvalue weighted by Gasteiger charge is 2.38. The molecule has 0 aliphatic heterocycles. The molecule has 0 aromatic heterocycles. The molecule has 0 saturated heterocycles. The third kappa shape index (κ3) is 4.51. The van der Waals surface area contributed by atoms with Crippen molar-refractivity contribution in [2.45, 2.75) is 51.4 Å². The largest absolute Gasteiger partial charge is 0.544 e. The summed E-state index contributed by atoms with van der Waals surface area (Å²) in [6, 6.07) is 8.29. The Bertz CT molecular complexity index is 417. The lowest BCUT2D eigenvalue weighted by Gasteiger charge is -2.36. The molecule has 1 atom stereocenters. The predicted molar refractivity (Wildman–Crippen MR) is 86.1 cm³/mol. The van der Waals surface area contributed by atoms with Gasteiger partial charge in [0, 0.05) is 6.04 Å². The van der Waals surface area contributed by atoms with Crippen molar-refractivity contribution >= 4 is 8.32 Å². The molecule has 0 saturated carbocycles. The molecule has 0 bridgehead atoms. The van der Waals surface area contributed by atoms with Gasteiger partial charge in [-0.1, -0.05) is 39.0 Å². The molecule has 0 fully saturated rings. The fourth-order valence-electron chi connectivity index (χ4n) is 1.50. The molecule has 0 aliphatic carbocycles. The van der Waals surface area contributed by atoms with Crippen LogP contribution in [0.3, 0.4) is 0 Å². The second-order valence-corrected chi connectivity index (χ2v) is 11.3. The lowest BCUT2D eigenvalue weighted by atomic mass is 10.1.